The molecule has 0 aliphatic heterocycles. The van der Waals surface area contributed by atoms with Crippen LogP contribution in [0, 0.1) is 0 Å². The van der Waals surface area contributed by atoms with Gasteiger partial charge >= 0.3 is 0 Å². The summed E-state index contributed by atoms with van der Waals surface area (Å²) in [4.78, 5) is 1.22. The monoisotopic (exact) mass is 341 g/mol. The molecule has 0 saturated heterocycles. The largest absolute Gasteiger partial charge is 0.467 e. The molecule has 2 nitrogen and oxygen atoms in total. The molecular weight excluding hydrogens is 322 g/mol. The summed E-state index contributed by atoms with van der Waals surface area (Å²) in [6, 6.07) is 8.73. The Balaban J connectivity index is 1.72. The molecular formula is C16H20ClNOS2. The van der Waals surface area contributed by atoms with Crippen LogP contribution >= 0.6 is 34.7 Å². The van der Waals surface area contributed by atoms with Crippen LogP contribution in [0.25, 0.3) is 0 Å². The minimum absolute atomic E-state index is 0.118. The molecule has 21 heavy (non-hydrogen) atoms. The van der Waals surface area contributed by atoms with Gasteiger partial charge in [-0.1, -0.05) is 18.5 Å². The molecule has 0 aromatic carbocycles. The minimum atomic E-state index is 0.118. The van der Waals surface area contributed by atoms with Crippen molar-refractivity contribution in [1.29, 1.82) is 0 Å². The van der Waals surface area contributed by atoms with E-state index in [9.17, 15) is 0 Å². The van der Waals surface area contributed by atoms with Crippen molar-refractivity contribution in [2.24, 2.45) is 0 Å². The first-order valence-corrected chi connectivity index (χ1v) is 9.67. The van der Waals surface area contributed by atoms with Crippen LogP contribution < -0.4 is 5.32 Å². The van der Waals surface area contributed by atoms with Gasteiger partial charge in [0.2, 0.25) is 0 Å². The third-order valence-electron chi connectivity index (χ3n) is 3.90. The molecule has 5 heteroatoms. The van der Waals surface area contributed by atoms with Crippen molar-refractivity contribution < 1.29 is 4.42 Å². The third kappa shape index (κ3) is 3.86. The van der Waals surface area contributed by atoms with E-state index in [2.05, 4.69) is 30.1 Å². The predicted octanol–water partition coefficient (Wildman–Crippen LogP) is 5.35. The average Bonchev–Trinajstić information content (AvgIpc) is 3.18. The number of hydrogen-bond donors (Lipinski definition) is 1. The first kappa shape index (κ1) is 15.5. The van der Waals surface area contributed by atoms with Gasteiger partial charge in [0, 0.05) is 16.2 Å². The molecule has 2 aromatic rings. The molecule has 0 spiro atoms. The first-order valence-electron chi connectivity index (χ1n) is 7.42. The van der Waals surface area contributed by atoms with E-state index >= 15 is 0 Å². The normalized spacial score (nSPS) is 23.5. The van der Waals surface area contributed by atoms with Crippen LogP contribution in [-0.4, -0.2) is 17.0 Å². The zero-order chi connectivity index (χ0) is 14.7. The lowest BCUT2D eigenvalue weighted by atomic mass is 10.1. The van der Waals surface area contributed by atoms with Gasteiger partial charge in [-0.15, -0.1) is 11.3 Å². The summed E-state index contributed by atoms with van der Waals surface area (Å²) in [6.07, 6.45) is 5.54. The average molecular weight is 342 g/mol. The van der Waals surface area contributed by atoms with E-state index in [-0.39, 0.29) is 6.04 Å². The number of thioether (sulfide) groups is 1. The molecule has 114 valence electrons. The Labute approximate surface area is 139 Å². The van der Waals surface area contributed by atoms with Crippen LogP contribution in [0.5, 0.6) is 0 Å². The standard InChI is InChI=1S/C16H20ClNOS2/c1-2-20-12-6-5-11(10-12)18-16(13-4-3-9-19-13)14-7-8-15(17)21-14/h3-4,7-9,11-12,16,18H,2,5-6,10H2,1H3. The fourth-order valence-electron chi connectivity index (χ4n) is 2.96. The van der Waals surface area contributed by atoms with Crippen molar-refractivity contribution in [3.05, 3.63) is 45.5 Å². The summed E-state index contributed by atoms with van der Waals surface area (Å²) in [5.41, 5.74) is 0. The smallest absolute Gasteiger partial charge is 0.126 e. The van der Waals surface area contributed by atoms with Crippen LogP contribution in [0.2, 0.25) is 4.34 Å². The van der Waals surface area contributed by atoms with Crippen molar-refractivity contribution in [2.45, 2.75) is 43.5 Å². The van der Waals surface area contributed by atoms with E-state index in [0.29, 0.717) is 6.04 Å². The molecule has 2 aromatic heterocycles. The molecule has 1 saturated carbocycles. The molecule has 1 aliphatic carbocycles. The molecule has 2 heterocycles. The molecule has 0 radical (unpaired) electrons. The highest BCUT2D eigenvalue weighted by Gasteiger charge is 2.29. The van der Waals surface area contributed by atoms with Crippen molar-refractivity contribution in [3.63, 3.8) is 0 Å². The quantitative estimate of drug-likeness (QED) is 0.766. The first-order chi connectivity index (χ1) is 10.3. The van der Waals surface area contributed by atoms with Gasteiger partial charge in [-0.05, 0) is 49.3 Å². The number of hydrogen-bond acceptors (Lipinski definition) is 4. The Morgan fingerprint density at radius 3 is 3.00 bits per heavy atom. The van der Waals surface area contributed by atoms with E-state index in [1.165, 1.54) is 29.9 Å². The van der Waals surface area contributed by atoms with Crippen molar-refractivity contribution in [2.75, 3.05) is 5.75 Å². The lowest BCUT2D eigenvalue weighted by molar-refractivity contribution is 0.409. The van der Waals surface area contributed by atoms with Crippen LogP contribution in [0.3, 0.4) is 0 Å². The summed E-state index contributed by atoms with van der Waals surface area (Å²) < 4.78 is 6.47. The van der Waals surface area contributed by atoms with E-state index < -0.39 is 0 Å². The SMILES string of the molecule is CCSC1CCC(NC(c2ccco2)c2ccc(Cl)s2)C1. The highest BCUT2D eigenvalue weighted by molar-refractivity contribution is 7.99. The second kappa shape index (κ2) is 7.23. The van der Waals surface area contributed by atoms with Crippen molar-refractivity contribution in [3.8, 4) is 0 Å². The van der Waals surface area contributed by atoms with Gasteiger partial charge in [-0.3, -0.25) is 0 Å². The van der Waals surface area contributed by atoms with Gasteiger partial charge in [0.1, 0.15) is 11.8 Å². The fraction of sp³-hybridized carbons (Fsp3) is 0.500. The Bertz CT molecular complexity index is 554. The van der Waals surface area contributed by atoms with E-state index in [4.69, 9.17) is 16.0 Å². The van der Waals surface area contributed by atoms with Gasteiger partial charge in [0.15, 0.2) is 0 Å². The number of furan rings is 1. The highest BCUT2D eigenvalue weighted by atomic mass is 35.5. The summed E-state index contributed by atoms with van der Waals surface area (Å²) in [6.45, 7) is 2.24. The Morgan fingerprint density at radius 2 is 2.33 bits per heavy atom. The topological polar surface area (TPSA) is 25.2 Å². The number of rotatable bonds is 6. The predicted molar refractivity (Wildman–Crippen MR) is 92.6 cm³/mol. The third-order valence-corrected chi connectivity index (χ3v) is 6.42. The second-order valence-electron chi connectivity index (χ2n) is 5.34. The van der Waals surface area contributed by atoms with E-state index in [0.717, 1.165) is 15.3 Å². The summed E-state index contributed by atoms with van der Waals surface area (Å²) >= 11 is 9.82. The van der Waals surface area contributed by atoms with Gasteiger partial charge in [-0.2, -0.15) is 11.8 Å². The van der Waals surface area contributed by atoms with Crippen molar-refractivity contribution in [1.82, 2.24) is 5.32 Å². The molecule has 0 amide bonds. The molecule has 0 bridgehead atoms. The lowest BCUT2D eigenvalue weighted by Crippen LogP contribution is -2.31. The van der Waals surface area contributed by atoms with Crippen LogP contribution in [0.4, 0.5) is 0 Å². The van der Waals surface area contributed by atoms with E-state index in [1.807, 2.05) is 18.2 Å². The Kier molecular flexibility index (Phi) is 5.33. The fourth-order valence-corrected chi connectivity index (χ4v) is 5.23. The van der Waals surface area contributed by atoms with Crippen molar-refractivity contribution >= 4 is 34.7 Å². The Morgan fingerprint density at radius 1 is 1.43 bits per heavy atom. The molecule has 3 rings (SSSR count). The summed E-state index contributed by atoms with van der Waals surface area (Å²) in [5, 5.41) is 4.58. The second-order valence-corrected chi connectivity index (χ2v) is 8.67. The van der Waals surface area contributed by atoms with Crippen LogP contribution in [-0.2, 0) is 0 Å². The lowest BCUT2D eigenvalue weighted by Gasteiger charge is -2.20. The van der Waals surface area contributed by atoms with Gasteiger partial charge in [0.25, 0.3) is 0 Å². The van der Waals surface area contributed by atoms with E-state index in [1.54, 1.807) is 17.6 Å². The van der Waals surface area contributed by atoms with Crippen LogP contribution in [0.1, 0.15) is 42.9 Å². The highest BCUT2D eigenvalue weighted by Crippen LogP contribution is 2.35. The molecule has 1 aliphatic rings. The Hall–Kier alpha value is -0.420. The van der Waals surface area contributed by atoms with Gasteiger partial charge in [0.05, 0.1) is 10.6 Å². The zero-order valence-corrected chi connectivity index (χ0v) is 14.4. The maximum absolute atomic E-state index is 6.10. The zero-order valence-electron chi connectivity index (χ0n) is 12.0. The molecule has 1 fully saturated rings. The maximum atomic E-state index is 6.10. The summed E-state index contributed by atoms with van der Waals surface area (Å²) in [7, 11) is 0. The number of halogens is 1. The van der Waals surface area contributed by atoms with Gasteiger partial charge < -0.3 is 9.73 Å². The molecule has 3 unspecified atom stereocenters. The minimum Gasteiger partial charge on any atom is -0.467 e. The number of thiophene rings is 1. The van der Waals surface area contributed by atoms with Crippen LogP contribution in [0.15, 0.2) is 34.9 Å². The molecule has 3 atom stereocenters. The maximum Gasteiger partial charge on any atom is 0.126 e. The molecule has 1 N–H and O–H groups in total. The van der Waals surface area contributed by atoms with Gasteiger partial charge in [-0.25, -0.2) is 0 Å². The number of nitrogens with one attached hydrogen (secondary N) is 1. The summed E-state index contributed by atoms with van der Waals surface area (Å²) in [5.74, 6) is 2.18.